The van der Waals surface area contributed by atoms with Gasteiger partial charge >= 0.3 is 6.18 Å². The van der Waals surface area contributed by atoms with E-state index in [9.17, 15) is 22.8 Å². The molecule has 1 atom stereocenters. The van der Waals surface area contributed by atoms with E-state index in [2.05, 4.69) is 15.3 Å². The molecule has 1 heterocycles. The Morgan fingerprint density at radius 1 is 1.38 bits per heavy atom. The molecule has 5 nitrogen and oxygen atoms in total. The van der Waals surface area contributed by atoms with Gasteiger partial charge in [0.15, 0.2) is 0 Å². The minimum atomic E-state index is -4.38. The molecule has 0 aliphatic carbocycles. The van der Waals surface area contributed by atoms with Gasteiger partial charge in [-0.2, -0.15) is 13.2 Å². The lowest BCUT2D eigenvalue weighted by molar-refractivity contribution is -0.137. The number of benzene rings is 1. The van der Waals surface area contributed by atoms with Crippen LogP contribution >= 0.6 is 0 Å². The van der Waals surface area contributed by atoms with Gasteiger partial charge in [-0.15, -0.1) is 0 Å². The summed E-state index contributed by atoms with van der Waals surface area (Å²) >= 11 is 0. The molecule has 24 heavy (non-hydrogen) atoms. The number of alkyl halides is 3. The minimum absolute atomic E-state index is 0.0707. The van der Waals surface area contributed by atoms with Crippen LogP contribution < -0.4 is 10.9 Å². The van der Waals surface area contributed by atoms with Crippen LogP contribution in [0.3, 0.4) is 0 Å². The molecule has 0 bridgehead atoms. The molecule has 0 aliphatic rings. The standard InChI is InChI=1S/C16H16F3N3O2/c1-10(11-3-2-4-12(7-11)16(17,18)19)5-6-20-15(24)13-8-22-14(23)9-21-13/h2-4,7-10H,5-6H2,1H3,(H,20,24)(H,22,23)/t10-/m0/s1. The van der Waals surface area contributed by atoms with Crippen LogP contribution in [0.5, 0.6) is 0 Å². The third kappa shape index (κ3) is 4.68. The van der Waals surface area contributed by atoms with Crippen molar-refractivity contribution >= 4 is 5.91 Å². The Morgan fingerprint density at radius 3 is 2.75 bits per heavy atom. The van der Waals surface area contributed by atoms with E-state index >= 15 is 0 Å². The molecule has 2 N–H and O–H groups in total. The first-order chi connectivity index (χ1) is 11.3. The number of H-pyrrole nitrogens is 1. The Morgan fingerprint density at radius 2 is 2.12 bits per heavy atom. The van der Waals surface area contributed by atoms with Crippen molar-refractivity contribution in [1.29, 1.82) is 0 Å². The van der Waals surface area contributed by atoms with E-state index < -0.39 is 23.2 Å². The fourth-order valence-electron chi connectivity index (χ4n) is 2.15. The molecule has 0 fully saturated rings. The van der Waals surface area contributed by atoms with Crippen LogP contribution in [-0.2, 0) is 6.18 Å². The topological polar surface area (TPSA) is 74.8 Å². The third-order valence-electron chi connectivity index (χ3n) is 3.55. The van der Waals surface area contributed by atoms with Crippen molar-refractivity contribution in [2.24, 2.45) is 0 Å². The van der Waals surface area contributed by atoms with Crippen LogP contribution in [-0.4, -0.2) is 22.4 Å². The highest BCUT2D eigenvalue weighted by molar-refractivity contribution is 5.91. The van der Waals surface area contributed by atoms with Gasteiger partial charge in [-0.3, -0.25) is 9.59 Å². The van der Waals surface area contributed by atoms with E-state index in [0.29, 0.717) is 12.0 Å². The van der Waals surface area contributed by atoms with Crippen molar-refractivity contribution in [3.05, 3.63) is 63.8 Å². The molecule has 0 spiro atoms. The van der Waals surface area contributed by atoms with Gasteiger partial charge in [-0.1, -0.05) is 25.1 Å². The quantitative estimate of drug-likeness (QED) is 0.879. The Bertz CT molecular complexity index is 751. The third-order valence-corrected chi connectivity index (χ3v) is 3.55. The summed E-state index contributed by atoms with van der Waals surface area (Å²) in [6.45, 7) is 2.07. The highest BCUT2D eigenvalue weighted by Crippen LogP contribution is 2.31. The second-order valence-electron chi connectivity index (χ2n) is 5.37. The normalized spacial score (nSPS) is 12.7. The van der Waals surface area contributed by atoms with E-state index in [-0.39, 0.29) is 18.2 Å². The summed E-state index contributed by atoms with van der Waals surface area (Å²) in [6.07, 6.45) is -1.70. The average Bonchev–Trinajstić information content (AvgIpc) is 2.54. The van der Waals surface area contributed by atoms with Gasteiger partial charge in [-0.25, -0.2) is 4.98 Å². The number of hydrogen-bond donors (Lipinski definition) is 2. The number of nitrogens with one attached hydrogen (secondary N) is 2. The predicted octanol–water partition coefficient (Wildman–Crippen LogP) is 2.71. The summed E-state index contributed by atoms with van der Waals surface area (Å²) in [5.74, 6) is -0.612. The van der Waals surface area contributed by atoms with E-state index in [1.54, 1.807) is 13.0 Å². The van der Waals surface area contributed by atoms with Crippen molar-refractivity contribution in [2.45, 2.75) is 25.4 Å². The molecule has 8 heteroatoms. The Hall–Kier alpha value is -2.64. The molecule has 0 radical (unpaired) electrons. The van der Waals surface area contributed by atoms with Crippen LogP contribution in [0.1, 0.15) is 40.9 Å². The summed E-state index contributed by atoms with van der Waals surface area (Å²) in [4.78, 5) is 28.7. The molecular weight excluding hydrogens is 323 g/mol. The number of rotatable bonds is 5. The van der Waals surface area contributed by atoms with Gasteiger partial charge in [-0.05, 0) is 24.0 Å². The van der Waals surface area contributed by atoms with Gasteiger partial charge in [0.2, 0.25) is 0 Å². The number of hydrogen-bond acceptors (Lipinski definition) is 3. The second kappa shape index (κ2) is 7.29. The van der Waals surface area contributed by atoms with Crippen molar-refractivity contribution in [2.75, 3.05) is 6.54 Å². The first-order valence-corrected chi connectivity index (χ1v) is 7.27. The monoisotopic (exact) mass is 339 g/mol. The summed E-state index contributed by atoms with van der Waals surface area (Å²) < 4.78 is 38.1. The lowest BCUT2D eigenvalue weighted by Gasteiger charge is -2.14. The molecule has 2 aromatic rings. The van der Waals surface area contributed by atoms with E-state index in [1.807, 2.05) is 0 Å². The lowest BCUT2D eigenvalue weighted by Crippen LogP contribution is -2.27. The Labute approximate surface area is 135 Å². The van der Waals surface area contributed by atoms with Crippen molar-refractivity contribution in [3.8, 4) is 0 Å². The number of nitrogens with zero attached hydrogens (tertiary/aromatic N) is 1. The summed E-state index contributed by atoms with van der Waals surface area (Å²) in [5.41, 5.74) is -0.472. The van der Waals surface area contributed by atoms with E-state index in [4.69, 9.17) is 0 Å². The van der Waals surface area contributed by atoms with Gasteiger partial charge in [0, 0.05) is 12.7 Å². The van der Waals surface area contributed by atoms with Crippen LogP contribution in [0.25, 0.3) is 0 Å². The highest BCUT2D eigenvalue weighted by atomic mass is 19.4. The molecule has 0 unspecified atom stereocenters. The fourth-order valence-corrected chi connectivity index (χ4v) is 2.15. The summed E-state index contributed by atoms with van der Waals surface area (Å²) in [6, 6.07) is 5.15. The molecule has 128 valence electrons. The molecular formula is C16H16F3N3O2. The maximum Gasteiger partial charge on any atom is 0.416 e. The first-order valence-electron chi connectivity index (χ1n) is 7.27. The van der Waals surface area contributed by atoms with Gasteiger partial charge in [0.05, 0.1) is 11.8 Å². The van der Waals surface area contributed by atoms with E-state index in [1.165, 1.54) is 12.3 Å². The van der Waals surface area contributed by atoms with Crippen LogP contribution in [0.4, 0.5) is 13.2 Å². The number of amides is 1. The van der Waals surface area contributed by atoms with Crippen molar-refractivity contribution in [3.63, 3.8) is 0 Å². The van der Waals surface area contributed by atoms with Crippen LogP contribution in [0.15, 0.2) is 41.5 Å². The SMILES string of the molecule is C[C@@H](CCNC(=O)c1c[nH]c(=O)cn1)c1cccc(C(F)(F)F)c1. The largest absolute Gasteiger partial charge is 0.416 e. The number of carbonyl (C=O) groups excluding carboxylic acids is 1. The zero-order chi connectivity index (χ0) is 17.7. The van der Waals surface area contributed by atoms with E-state index in [0.717, 1.165) is 18.3 Å². The van der Waals surface area contributed by atoms with Gasteiger partial charge < -0.3 is 10.3 Å². The summed E-state index contributed by atoms with van der Waals surface area (Å²) in [7, 11) is 0. The molecule has 1 aromatic heterocycles. The molecule has 0 aliphatic heterocycles. The number of aromatic amines is 1. The first kappa shape index (κ1) is 17.7. The van der Waals surface area contributed by atoms with Gasteiger partial charge in [0.25, 0.3) is 11.5 Å². The van der Waals surface area contributed by atoms with Crippen molar-refractivity contribution < 1.29 is 18.0 Å². The highest BCUT2D eigenvalue weighted by Gasteiger charge is 2.30. The average molecular weight is 339 g/mol. The fraction of sp³-hybridized carbons (Fsp3) is 0.312. The zero-order valence-corrected chi connectivity index (χ0v) is 12.9. The Kier molecular flexibility index (Phi) is 5.38. The van der Waals surface area contributed by atoms with Crippen molar-refractivity contribution in [1.82, 2.24) is 15.3 Å². The molecule has 0 saturated heterocycles. The van der Waals surface area contributed by atoms with Gasteiger partial charge in [0.1, 0.15) is 5.69 Å². The second-order valence-corrected chi connectivity index (χ2v) is 5.37. The predicted molar refractivity (Wildman–Crippen MR) is 81.7 cm³/mol. The molecule has 2 rings (SSSR count). The molecule has 0 saturated carbocycles. The van der Waals surface area contributed by atoms with Crippen LogP contribution in [0, 0.1) is 0 Å². The lowest BCUT2D eigenvalue weighted by atomic mass is 9.96. The number of carbonyl (C=O) groups is 1. The number of aromatic nitrogens is 2. The Balaban J connectivity index is 1.91. The molecule has 1 amide bonds. The maximum atomic E-state index is 12.7. The number of halogens is 3. The molecule has 1 aromatic carbocycles. The maximum absolute atomic E-state index is 12.7. The smallest absolute Gasteiger partial charge is 0.351 e. The minimum Gasteiger partial charge on any atom is -0.351 e. The zero-order valence-electron chi connectivity index (χ0n) is 12.9. The summed E-state index contributed by atoms with van der Waals surface area (Å²) in [5, 5.41) is 2.62. The van der Waals surface area contributed by atoms with Crippen LogP contribution in [0.2, 0.25) is 0 Å².